The monoisotopic (exact) mass is 231 g/mol. The van der Waals surface area contributed by atoms with Crippen molar-refractivity contribution in [3.63, 3.8) is 0 Å². The third-order valence-electron chi connectivity index (χ3n) is 3.83. The van der Waals surface area contributed by atoms with Crippen molar-refractivity contribution in [1.29, 1.82) is 0 Å². The molecule has 0 spiro atoms. The second-order valence-electron chi connectivity index (χ2n) is 5.18. The van der Waals surface area contributed by atoms with Crippen molar-refractivity contribution in [2.45, 2.75) is 51.4 Å². The summed E-state index contributed by atoms with van der Waals surface area (Å²) in [4.78, 5) is 0. The van der Waals surface area contributed by atoms with Crippen LogP contribution in [0.1, 0.15) is 56.1 Å². The normalized spacial score (nSPS) is 18.6. The van der Waals surface area contributed by atoms with Crippen LogP contribution in [-0.2, 0) is 6.42 Å². The third-order valence-corrected chi connectivity index (χ3v) is 3.83. The van der Waals surface area contributed by atoms with Crippen LogP contribution >= 0.6 is 0 Å². The van der Waals surface area contributed by atoms with E-state index >= 15 is 0 Å². The van der Waals surface area contributed by atoms with E-state index in [1.165, 1.54) is 51.6 Å². The Bertz CT molecular complexity index is 324. The van der Waals surface area contributed by atoms with E-state index in [0.717, 1.165) is 5.92 Å². The highest BCUT2D eigenvalue weighted by Crippen LogP contribution is 2.30. The zero-order valence-corrected chi connectivity index (χ0v) is 11.0. The Morgan fingerprint density at radius 3 is 2.53 bits per heavy atom. The molecule has 0 aromatic heterocycles. The van der Waals surface area contributed by atoms with Crippen molar-refractivity contribution >= 4 is 0 Å². The van der Waals surface area contributed by atoms with Crippen molar-refractivity contribution < 1.29 is 0 Å². The largest absolute Gasteiger partial charge is 0.317 e. The van der Waals surface area contributed by atoms with Gasteiger partial charge in [-0.1, -0.05) is 37.6 Å². The Labute approximate surface area is 106 Å². The van der Waals surface area contributed by atoms with Gasteiger partial charge in [0.05, 0.1) is 0 Å². The van der Waals surface area contributed by atoms with Crippen molar-refractivity contribution in [1.82, 2.24) is 5.32 Å². The molecule has 1 heterocycles. The van der Waals surface area contributed by atoms with Crippen LogP contribution in [0.25, 0.3) is 0 Å². The van der Waals surface area contributed by atoms with Crippen LogP contribution in [0.2, 0.25) is 0 Å². The maximum absolute atomic E-state index is 3.50. The van der Waals surface area contributed by atoms with Gasteiger partial charge in [-0.3, -0.25) is 0 Å². The highest BCUT2D eigenvalue weighted by Gasteiger charge is 2.15. The van der Waals surface area contributed by atoms with Crippen LogP contribution in [0.4, 0.5) is 0 Å². The fraction of sp³-hybridized carbons (Fsp3) is 0.625. The first-order valence-electron chi connectivity index (χ1n) is 7.20. The van der Waals surface area contributed by atoms with Gasteiger partial charge in [0.2, 0.25) is 0 Å². The molecule has 2 rings (SSSR count). The molecule has 1 nitrogen and oxygen atoms in total. The first-order valence-corrected chi connectivity index (χ1v) is 7.20. The average Bonchev–Trinajstić information content (AvgIpc) is 2.30. The SMILES string of the molecule is CCCc1ccccc1C1CCCNCCC1. The summed E-state index contributed by atoms with van der Waals surface area (Å²) in [5.74, 6) is 0.805. The second kappa shape index (κ2) is 6.80. The minimum atomic E-state index is 0.805. The smallest absolute Gasteiger partial charge is 0.00487 e. The number of nitrogens with one attached hydrogen (secondary N) is 1. The Kier molecular flexibility index (Phi) is 5.06. The van der Waals surface area contributed by atoms with E-state index in [-0.39, 0.29) is 0 Å². The van der Waals surface area contributed by atoms with Crippen LogP contribution in [0.15, 0.2) is 24.3 Å². The number of hydrogen-bond donors (Lipinski definition) is 1. The summed E-state index contributed by atoms with van der Waals surface area (Å²) in [5, 5.41) is 3.50. The maximum atomic E-state index is 3.50. The number of rotatable bonds is 3. The van der Waals surface area contributed by atoms with E-state index in [4.69, 9.17) is 0 Å². The van der Waals surface area contributed by atoms with Crippen LogP contribution in [0.5, 0.6) is 0 Å². The molecule has 0 bridgehead atoms. The molecule has 1 heteroatoms. The van der Waals surface area contributed by atoms with E-state index < -0.39 is 0 Å². The lowest BCUT2D eigenvalue weighted by atomic mass is 9.85. The summed E-state index contributed by atoms with van der Waals surface area (Å²) in [6, 6.07) is 9.10. The molecular weight excluding hydrogens is 206 g/mol. The van der Waals surface area contributed by atoms with E-state index in [1.807, 2.05) is 0 Å². The molecular formula is C16H25N. The van der Waals surface area contributed by atoms with Gasteiger partial charge in [-0.05, 0) is 62.2 Å². The van der Waals surface area contributed by atoms with Gasteiger partial charge in [0.15, 0.2) is 0 Å². The fourth-order valence-electron chi connectivity index (χ4n) is 2.96. The van der Waals surface area contributed by atoms with Crippen molar-refractivity contribution in [2.75, 3.05) is 13.1 Å². The number of benzene rings is 1. The van der Waals surface area contributed by atoms with Crippen molar-refractivity contribution in [3.8, 4) is 0 Å². The molecule has 0 radical (unpaired) electrons. The lowest BCUT2D eigenvalue weighted by Crippen LogP contribution is -2.21. The summed E-state index contributed by atoms with van der Waals surface area (Å²) in [7, 11) is 0. The molecule has 0 aliphatic carbocycles. The molecule has 0 atom stereocenters. The fourth-order valence-corrected chi connectivity index (χ4v) is 2.96. The maximum Gasteiger partial charge on any atom is -0.00487 e. The van der Waals surface area contributed by atoms with E-state index in [1.54, 1.807) is 11.1 Å². The zero-order valence-electron chi connectivity index (χ0n) is 11.0. The van der Waals surface area contributed by atoms with Crippen molar-refractivity contribution in [3.05, 3.63) is 35.4 Å². The van der Waals surface area contributed by atoms with E-state index in [0.29, 0.717) is 0 Å². The van der Waals surface area contributed by atoms with Crippen LogP contribution in [-0.4, -0.2) is 13.1 Å². The number of aryl methyl sites for hydroxylation is 1. The van der Waals surface area contributed by atoms with Crippen LogP contribution in [0.3, 0.4) is 0 Å². The Morgan fingerprint density at radius 2 is 1.82 bits per heavy atom. The third kappa shape index (κ3) is 3.57. The predicted octanol–water partition coefficient (Wildman–Crippen LogP) is 3.89. The van der Waals surface area contributed by atoms with Gasteiger partial charge in [0, 0.05) is 0 Å². The second-order valence-corrected chi connectivity index (χ2v) is 5.18. The Morgan fingerprint density at radius 1 is 1.12 bits per heavy atom. The summed E-state index contributed by atoms with van der Waals surface area (Å²) in [6.45, 7) is 4.68. The molecule has 1 N–H and O–H groups in total. The molecule has 0 saturated carbocycles. The minimum Gasteiger partial charge on any atom is -0.317 e. The van der Waals surface area contributed by atoms with Gasteiger partial charge in [0.1, 0.15) is 0 Å². The molecule has 17 heavy (non-hydrogen) atoms. The zero-order chi connectivity index (χ0) is 11.9. The quantitative estimate of drug-likeness (QED) is 0.832. The van der Waals surface area contributed by atoms with E-state index in [2.05, 4.69) is 36.5 Å². The Hall–Kier alpha value is -0.820. The van der Waals surface area contributed by atoms with Crippen LogP contribution in [0, 0.1) is 0 Å². The topological polar surface area (TPSA) is 12.0 Å². The van der Waals surface area contributed by atoms with Gasteiger partial charge in [-0.2, -0.15) is 0 Å². The summed E-state index contributed by atoms with van der Waals surface area (Å²) in [6.07, 6.45) is 7.86. The molecule has 1 fully saturated rings. The molecule has 1 aliphatic rings. The Balaban J connectivity index is 2.12. The molecule has 1 aromatic carbocycles. The summed E-state index contributed by atoms with van der Waals surface area (Å²) >= 11 is 0. The van der Waals surface area contributed by atoms with Gasteiger partial charge in [-0.25, -0.2) is 0 Å². The first kappa shape index (κ1) is 12.6. The number of hydrogen-bond acceptors (Lipinski definition) is 1. The first-order chi connectivity index (χ1) is 8.42. The average molecular weight is 231 g/mol. The highest BCUT2D eigenvalue weighted by atomic mass is 14.8. The summed E-state index contributed by atoms with van der Waals surface area (Å²) < 4.78 is 0. The molecule has 1 aliphatic heterocycles. The highest BCUT2D eigenvalue weighted by molar-refractivity contribution is 5.30. The van der Waals surface area contributed by atoms with E-state index in [9.17, 15) is 0 Å². The van der Waals surface area contributed by atoms with Crippen LogP contribution < -0.4 is 5.32 Å². The molecule has 1 saturated heterocycles. The van der Waals surface area contributed by atoms with Gasteiger partial charge in [0.25, 0.3) is 0 Å². The lowest BCUT2D eigenvalue weighted by Gasteiger charge is -2.23. The van der Waals surface area contributed by atoms with Gasteiger partial charge in [-0.15, -0.1) is 0 Å². The lowest BCUT2D eigenvalue weighted by molar-refractivity contribution is 0.464. The van der Waals surface area contributed by atoms with Gasteiger partial charge >= 0.3 is 0 Å². The van der Waals surface area contributed by atoms with Gasteiger partial charge < -0.3 is 5.32 Å². The molecule has 0 amide bonds. The van der Waals surface area contributed by atoms with Crippen molar-refractivity contribution in [2.24, 2.45) is 0 Å². The molecule has 0 unspecified atom stereocenters. The predicted molar refractivity (Wildman–Crippen MR) is 74.5 cm³/mol. The minimum absolute atomic E-state index is 0.805. The summed E-state index contributed by atoms with van der Waals surface area (Å²) in [5.41, 5.74) is 3.23. The molecule has 1 aromatic rings. The standard InChI is InChI=1S/C16H25N/c1-2-7-14-8-3-4-11-16(14)15-9-5-12-17-13-6-10-15/h3-4,8,11,15,17H,2,5-7,9-10,12-13H2,1H3. The molecule has 94 valence electrons.